The van der Waals surface area contributed by atoms with Crippen molar-refractivity contribution in [3.63, 3.8) is 0 Å². The van der Waals surface area contributed by atoms with Gasteiger partial charge in [0.15, 0.2) is 5.65 Å². The molecule has 8 nitrogen and oxygen atoms in total. The third kappa shape index (κ3) is 4.70. The molecule has 0 spiro atoms. The molecule has 4 rings (SSSR count). The van der Waals surface area contributed by atoms with E-state index in [-0.39, 0.29) is 34.4 Å². The lowest BCUT2D eigenvalue weighted by Crippen LogP contribution is -2.48. The Hall–Kier alpha value is -3.03. The number of hydrogen-bond acceptors (Lipinski definition) is 5. The smallest absolute Gasteiger partial charge is 0.330 e. The second-order valence-corrected chi connectivity index (χ2v) is 11.2. The van der Waals surface area contributed by atoms with E-state index in [9.17, 15) is 9.59 Å². The molecular formula is C25H34N6O2. The maximum atomic E-state index is 12.9. The van der Waals surface area contributed by atoms with Gasteiger partial charge in [-0.2, -0.15) is 0 Å². The molecule has 0 radical (unpaired) electrons. The van der Waals surface area contributed by atoms with Crippen molar-refractivity contribution in [3.05, 3.63) is 52.6 Å². The van der Waals surface area contributed by atoms with Crippen LogP contribution in [0.2, 0.25) is 0 Å². The summed E-state index contributed by atoms with van der Waals surface area (Å²) in [5.74, 6) is 0.0557. The van der Waals surface area contributed by atoms with Crippen molar-refractivity contribution in [3.8, 4) is 0 Å². The van der Waals surface area contributed by atoms with E-state index in [4.69, 9.17) is 4.98 Å². The zero-order valence-corrected chi connectivity index (χ0v) is 20.4. The van der Waals surface area contributed by atoms with Crippen LogP contribution in [-0.4, -0.2) is 36.0 Å². The summed E-state index contributed by atoms with van der Waals surface area (Å²) in [6, 6.07) is 4.07. The summed E-state index contributed by atoms with van der Waals surface area (Å²) < 4.78 is 3.47. The fourth-order valence-electron chi connectivity index (χ4n) is 4.77. The summed E-state index contributed by atoms with van der Waals surface area (Å²) in [6.45, 7) is 11.4. The molecule has 1 fully saturated rings. The van der Waals surface area contributed by atoms with E-state index < -0.39 is 0 Å². The minimum atomic E-state index is -0.153. The van der Waals surface area contributed by atoms with Crippen LogP contribution in [0.3, 0.4) is 0 Å². The van der Waals surface area contributed by atoms with E-state index in [1.807, 2.05) is 16.7 Å². The zero-order valence-electron chi connectivity index (χ0n) is 20.4. The molecule has 0 saturated heterocycles. The summed E-state index contributed by atoms with van der Waals surface area (Å²) in [5, 5.41) is 3.21. The third-order valence-electron chi connectivity index (χ3n) is 6.78. The number of carbonyl (C=O) groups excluding carboxylic acids is 1. The number of nitrogens with one attached hydrogen (secondary N) is 1. The fourth-order valence-corrected chi connectivity index (χ4v) is 4.77. The van der Waals surface area contributed by atoms with Gasteiger partial charge in [0.25, 0.3) is 5.91 Å². The van der Waals surface area contributed by atoms with Crippen LogP contribution in [0.25, 0.3) is 11.2 Å². The standard InChI is InChI=1S/C25H34N6O2/c1-24(2,3)14-31-19-8-7-18(28-21(19)30(6)23(31)33)16-9-10-25(4,5)20(11-16)29-22(32)17-12-26-15-27-13-17/h7-8,12-13,15-16,20H,9-11,14H2,1-6H3,(H,29,32). The number of carbonyl (C=O) groups is 1. The molecule has 0 aliphatic heterocycles. The number of rotatable bonds is 4. The Bertz CT molecular complexity index is 1220. The Morgan fingerprint density at radius 3 is 2.58 bits per heavy atom. The highest BCUT2D eigenvalue weighted by molar-refractivity contribution is 5.93. The van der Waals surface area contributed by atoms with Gasteiger partial charge in [0.05, 0.1) is 11.1 Å². The number of aryl methyl sites for hydroxylation is 1. The average molecular weight is 451 g/mol. The minimum absolute atomic E-state index is 0.00392. The van der Waals surface area contributed by atoms with Crippen molar-refractivity contribution < 1.29 is 4.79 Å². The molecule has 33 heavy (non-hydrogen) atoms. The molecule has 1 saturated carbocycles. The molecule has 1 amide bonds. The topological polar surface area (TPSA) is 94.7 Å². The summed E-state index contributed by atoms with van der Waals surface area (Å²) in [6.07, 6.45) is 7.24. The molecule has 3 aromatic rings. The van der Waals surface area contributed by atoms with E-state index >= 15 is 0 Å². The highest BCUT2D eigenvalue weighted by atomic mass is 16.2. The van der Waals surface area contributed by atoms with Crippen LogP contribution in [0.5, 0.6) is 0 Å². The Labute approximate surface area is 194 Å². The maximum Gasteiger partial charge on any atom is 0.330 e. The molecule has 1 aliphatic carbocycles. The highest BCUT2D eigenvalue weighted by Gasteiger charge is 2.38. The van der Waals surface area contributed by atoms with Gasteiger partial charge in [0.1, 0.15) is 6.33 Å². The van der Waals surface area contributed by atoms with Crippen LogP contribution in [0, 0.1) is 10.8 Å². The molecule has 0 aromatic carbocycles. The van der Waals surface area contributed by atoms with Crippen molar-refractivity contribution in [1.29, 1.82) is 0 Å². The second-order valence-electron chi connectivity index (χ2n) is 11.2. The van der Waals surface area contributed by atoms with E-state index in [2.05, 4.69) is 49.9 Å². The number of pyridine rings is 1. The van der Waals surface area contributed by atoms with E-state index in [1.165, 1.54) is 18.7 Å². The number of aromatic nitrogens is 5. The molecule has 0 bridgehead atoms. The minimum Gasteiger partial charge on any atom is -0.349 e. The Kier molecular flexibility index (Phi) is 5.88. The molecule has 3 aromatic heterocycles. The van der Waals surface area contributed by atoms with Crippen molar-refractivity contribution >= 4 is 17.1 Å². The van der Waals surface area contributed by atoms with Gasteiger partial charge in [-0.1, -0.05) is 34.6 Å². The van der Waals surface area contributed by atoms with Gasteiger partial charge in [0.2, 0.25) is 0 Å². The molecule has 2 atom stereocenters. The number of fused-ring (bicyclic) bond motifs is 1. The molecule has 3 heterocycles. The van der Waals surface area contributed by atoms with E-state index in [0.29, 0.717) is 17.8 Å². The van der Waals surface area contributed by atoms with Crippen LogP contribution in [0.15, 0.2) is 35.6 Å². The highest BCUT2D eigenvalue weighted by Crippen LogP contribution is 2.42. The first-order valence-electron chi connectivity index (χ1n) is 11.6. The predicted molar refractivity (Wildman–Crippen MR) is 128 cm³/mol. The number of amides is 1. The van der Waals surface area contributed by atoms with Gasteiger partial charge in [-0.15, -0.1) is 0 Å². The lowest BCUT2D eigenvalue weighted by Gasteiger charge is -2.42. The Balaban J connectivity index is 1.61. The van der Waals surface area contributed by atoms with Gasteiger partial charge in [-0.05, 0) is 42.2 Å². The number of hydrogen-bond donors (Lipinski definition) is 1. The average Bonchev–Trinajstić information content (AvgIpc) is 2.99. The Morgan fingerprint density at radius 2 is 1.91 bits per heavy atom. The van der Waals surface area contributed by atoms with Crippen LogP contribution in [0.1, 0.15) is 75.9 Å². The summed E-state index contributed by atoms with van der Waals surface area (Å²) in [4.78, 5) is 38.5. The molecule has 8 heteroatoms. The van der Waals surface area contributed by atoms with Gasteiger partial charge in [0, 0.05) is 43.6 Å². The first-order chi connectivity index (χ1) is 15.5. The number of nitrogens with zero attached hydrogens (tertiary/aromatic N) is 5. The van der Waals surface area contributed by atoms with Crippen molar-refractivity contribution in [2.45, 2.75) is 72.4 Å². The first-order valence-corrected chi connectivity index (χ1v) is 11.6. The van der Waals surface area contributed by atoms with Crippen LogP contribution in [-0.2, 0) is 13.6 Å². The quantitative estimate of drug-likeness (QED) is 0.655. The van der Waals surface area contributed by atoms with Crippen molar-refractivity contribution in [1.82, 2.24) is 29.4 Å². The SMILES string of the molecule is Cn1c(=O)n(CC(C)(C)C)c2ccc(C3CCC(C)(C)C(NC(=O)c4cncnc4)C3)nc21. The molecule has 1 N–H and O–H groups in total. The molecule has 1 aliphatic rings. The lowest BCUT2D eigenvalue weighted by molar-refractivity contribution is 0.0836. The molecule has 2 unspecified atom stereocenters. The van der Waals surface area contributed by atoms with Crippen LogP contribution in [0.4, 0.5) is 0 Å². The summed E-state index contributed by atoms with van der Waals surface area (Å²) in [5.41, 5.74) is 2.94. The van der Waals surface area contributed by atoms with Crippen LogP contribution >= 0.6 is 0 Å². The van der Waals surface area contributed by atoms with Crippen molar-refractivity contribution in [2.24, 2.45) is 17.9 Å². The predicted octanol–water partition coefficient (Wildman–Crippen LogP) is 3.66. The van der Waals surface area contributed by atoms with Gasteiger partial charge in [-0.3, -0.25) is 13.9 Å². The largest absolute Gasteiger partial charge is 0.349 e. The third-order valence-corrected chi connectivity index (χ3v) is 6.78. The normalized spacial score (nSPS) is 20.7. The maximum absolute atomic E-state index is 12.9. The summed E-state index contributed by atoms with van der Waals surface area (Å²) in [7, 11) is 1.79. The zero-order chi connectivity index (χ0) is 24.0. The van der Waals surface area contributed by atoms with Gasteiger partial charge in [-0.25, -0.2) is 19.7 Å². The van der Waals surface area contributed by atoms with Gasteiger partial charge < -0.3 is 5.32 Å². The first kappa shape index (κ1) is 23.1. The fraction of sp³-hybridized carbons (Fsp3) is 0.560. The second kappa shape index (κ2) is 8.39. The summed E-state index contributed by atoms with van der Waals surface area (Å²) >= 11 is 0. The Morgan fingerprint density at radius 1 is 1.21 bits per heavy atom. The lowest BCUT2D eigenvalue weighted by atomic mass is 9.68. The van der Waals surface area contributed by atoms with Gasteiger partial charge >= 0.3 is 5.69 Å². The van der Waals surface area contributed by atoms with Crippen molar-refractivity contribution in [2.75, 3.05) is 0 Å². The van der Waals surface area contributed by atoms with E-state index in [0.717, 1.165) is 30.5 Å². The molecule has 176 valence electrons. The number of imidazole rings is 1. The molecular weight excluding hydrogens is 416 g/mol. The van der Waals surface area contributed by atoms with E-state index in [1.54, 1.807) is 11.6 Å². The monoisotopic (exact) mass is 450 g/mol. The van der Waals surface area contributed by atoms with Crippen LogP contribution < -0.4 is 11.0 Å².